The van der Waals surface area contributed by atoms with E-state index in [0.29, 0.717) is 12.8 Å². The summed E-state index contributed by atoms with van der Waals surface area (Å²) in [7, 11) is 1.97. The molecule has 0 aliphatic rings. The molecule has 0 saturated heterocycles. The number of aryl methyl sites for hydroxylation is 2. The largest absolute Gasteiger partial charge is 0.480 e. The molecule has 2 rings (SSSR count). The first-order chi connectivity index (χ1) is 9.87. The molecule has 0 unspecified atom stereocenters. The molecule has 114 valence electrons. The second-order valence-electron chi connectivity index (χ2n) is 5.78. The van der Waals surface area contributed by atoms with Gasteiger partial charge in [-0.25, -0.2) is 4.98 Å². The van der Waals surface area contributed by atoms with Crippen molar-refractivity contribution in [2.24, 2.45) is 12.8 Å². The summed E-state index contributed by atoms with van der Waals surface area (Å²) in [4.78, 5) is 16.0. The van der Waals surface area contributed by atoms with Gasteiger partial charge in [-0.15, -0.1) is 0 Å². The highest BCUT2D eigenvalue weighted by molar-refractivity contribution is 5.80. The van der Waals surface area contributed by atoms with Gasteiger partial charge in [0.2, 0.25) is 0 Å². The van der Waals surface area contributed by atoms with E-state index in [-0.39, 0.29) is 0 Å². The maximum absolute atomic E-state index is 11.5. The van der Waals surface area contributed by atoms with Crippen molar-refractivity contribution in [1.29, 1.82) is 0 Å². The topological polar surface area (TPSA) is 81.1 Å². The number of aromatic nitrogens is 2. The van der Waals surface area contributed by atoms with E-state index >= 15 is 0 Å². The molecule has 1 aromatic heterocycles. The van der Waals surface area contributed by atoms with E-state index in [2.05, 4.69) is 4.98 Å². The van der Waals surface area contributed by atoms with Gasteiger partial charge >= 0.3 is 5.97 Å². The zero-order valence-electron chi connectivity index (χ0n) is 12.9. The van der Waals surface area contributed by atoms with E-state index in [0.717, 1.165) is 35.3 Å². The first-order valence-electron chi connectivity index (χ1n) is 7.31. The van der Waals surface area contributed by atoms with Crippen LogP contribution in [0.2, 0.25) is 0 Å². The third-order valence-electron chi connectivity index (χ3n) is 4.09. The van der Waals surface area contributed by atoms with Crippen molar-refractivity contribution in [3.05, 3.63) is 29.6 Å². The quantitative estimate of drug-likeness (QED) is 0.855. The van der Waals surface area contributed by atoms with Crippen molar-refractivity contribution >= 4 is 17.0 Å². The monoisotopic (exact) mass is 289 g/mol. The first-order valence-corrected chi connectivity index (χ1v) is 7.31. The SMILES string of the molecule is CCCC[C@](N)(Cc1ccc2c(c1)nc(C)n2C)C(=O)O. The number of aliphatic carboxylic acids is 1. The Morgan fingerprint density at radius 1 is 1.48 bits per heavy atom. The van der Waals surface area contributed by atoms with Crippen molar-refractivity contribution in [3.8, 4) is 0 Å². The minimum absolute atomic E-state index is 0.327. The normalized spacial score (nSPS) is 14.3. The number of hydrogen-bond donors (Lipinski definition) is 2. The number of imidazole rings is 1. The van der Waals surface area contributed by atoms with E-state index in [9.17, 15) is 9.90 Å². The van der Waals surface area contributed by atoms with Gasteiger partial charge in [0.25, 0.3) is 0 Å². The highest BCUT2D eigenvalue weighted by Gasteiger charge is 2.33. The Labute approximate surface area is 124 Å². The number of carboxylic acid groups (broad SMARTS) is 1. The van der Waals surface area contributed by atoms with Crippen LogP contribution in [-0.2, 0) is 18.3 Å². The molecule has 0 aliphatic heterocycles. The molecule has 0 saturated carbocycles. The molecular weight excluding hydrogens is 266 g/mol. The van der Waals surface area contributed by atoms with Crippen LogP contribution in [0.3, 0.4) is 0 Å². The van der Waals surface area contributed by atoms with E-state index in [1.54, 1.807) is 0 Å². The smallest absolute Gasteiger partial charge is 0.324 e. The Morgan fingerprint density at radius 2 is 2.19 bits per heavy atom. The van der Waals surface area contributed by atoms with Crippen molar-refractivity contribution in [1.82, 2.24) is 9.55 Å². The predicted molar refractivity (Wildman–Crippen MR) is 83.2 cm³/mol. The lowest BCUT2D eigenvalue weighted by atomic mass is 9.87. The average molecular weight is 289 g/mol. The summed E-state index contributed by atoms with van der Waals surface area (Å²) >= 11 is 0. The summed E-state index contributed by atoms with van der Waals surface area (Å²) in [5.74, 6) is -0.00127. The molecule has 21 heavy (non-hydrogen) atoms. The maximum Gasteiger partial charge on any atom is 0.324 e. The number of hydrogen-bond acceptors (Lipinski definition) is 3. The summed E-state index contributed by atoms with van der Waals surface area (Å²) in [6.45, 7) is 3.98. The molecule has 5 heteroatoms. The number of rotatable bonds is 6. The van der Waals surface area contributed by atoms with Gasteiger partial charge in [-0.3, -0.25) is 4.79 Å². The van der Waals surface area contributed by atoms with Crippen molar-refractivity contribution in [3.63, 3.8) is 0 Å². The molecule has 2 aromatic rings. The van der Waals surface area contributed by atoms with E-state index in [1.807, 2.05) is 43.7 Å². The third kappa shape index (κ3) is 3.08. The Hall–Kier alpha value is -1.88. The van der Waals surface area contributed by atoms with Crippen LogP contribution < -0.4 is 5.73 Å². The van der Waals surface area contributed by atoms with Crippen LogP contribution in [0.15, 0.2) is 18.2 Å². The van der Waals surface area contributed by atoms with Gasteiger partial charge in [0, 0.05) is 13.5 Å². The molecule has 1 aromatic carbocycles. The molecular formula is C16H23N3O2. The molecule has 0 spiro atoms. The van der Waals surface area contributed by atoms with Crippen LogP contribution in [-0.4, -0.2) is 26.2 Å². The molecule has 0 bridgehead atoms. The lowest BCUT2D eigenvalue weighted by Gasteiger charge is -2.24. The van der Waals surface area contributed by atoms with Gasteiger partial charge in [0.05, 0.1) is 11.0 Å². The van der Waals surface area contributed by atoms with Gasteiger partial charge in [0.15, 0.2) is 0 Å². The van der Waals surface area contributed by atoms with Gasteiger partial charge < -0.3 is 15.4 Å². The average Bonchev–Trinajstić information content (AvgIpc) is 2.71. The van der Waals surface area contributed by atoms with Crippen LogP contribution in [0, 0.1) is 6.92 Å². The van der Waals surface area contributed by atoms with E-state index in [4.69, 9.17) is 5.73 Å². The van der Waals surface area contributed by atoms with Crippen LogP contribution in [0.25, 0.3) is 11.0 Å². The molecule has 0 fully saturated rings. The van der Waals surface area contributed by atoms with Crippen LogP contribution in [0.1, 0.15) is 37.6 Å². The molecule has 5 nitrogen and oxygen atoms in total. The number of carboxylic acids is 1. The zero-order valence-corrected chi connectivity index (χ0v) is 12.9. The lowest BCUT2D eigenvalue weighted by molar-refractivity contribution is -0.143. The fourth-order valence-corrected chi connectivity index (χ4v) is 2.60. The number of benzene rings is 1. The molecule has 1 atom stereocenters. The van der Waals surface area contributed by atoms with Gasteiger partial charge in [-0.1, -0.05) is 25.8 Å². The summed E-state index contributed by atoms with van der Waals surface area (Å²) in [5.41, 5.74) is 7.76. The van der Waals surface area contributed by atoms with E-state index < -0.39 is 11.5 Å². The number of fused-ring (bicyclic) bond motifs is 1. The number of nitrogens with two attached hydrogens (primary N) is 1. The highest BCUT2D eigenvalue weighted by atomic mass is 16.4. The van der Waals surface area contributed by atoms with Crippen molar-refractivity contribution in [2.75, 3.05) is 0 Å². The molecule has 3 N–H and O–H groups in total. The fourth-order valence-electron chi connectivity index (χ4n) is 2.60. The summed E-state index contributed by atoms with van der Waals surface area (Å²) in [5, 5.41) is 9.44. The summed E-state index contributed by atoms with van der Waals surface area (Å²) < 4.78 is 2.02. The van der Waals surface area contributed by atoms with E-state index in [1.165, 1.54) is 0 Å². The minimum atomic E-state index is -1.20. The van der Waals surface area contributed by atoms with Crippen molar-refractivity contribution < 1.29 is 9.90 Å². The molecule has 0 aliphatic carbocycles. The van der Waals surface area contributed by atoms with Crippen LogP contribution >= 0.6 is 0 Å². The Balaban J connectivity index is 2.30. The fraction of sp³-hybridized carbons (Fsp3) is 0.500. The maximum atomic E-state index is 11.5. The van der Waals surface area contributed by atoms with Gasteiger partial charge in [0.1, 0.15) is 11.4 Å². The second-order valence-corrected chi connectivity index (χ2v) is 5.78. The summed E-state index contributed by atoms with van der Waals surface area (Å²) in [6.07, 6.45) is 2.56. The first kappa shape index (κ1) is 15.5. The molecule has 1 heterocycles. The Bertz CT molecular complexity index is 663. The minimum Gasteiger partial charge on any atom is -0.480 e. The molecule has 0 radical (unpaired) electrons. The third-order valence-corrected chi connectivity index (χ3v) is 4.09. The Kier molecular flexibility index (Phi) is 4.32. The van der Waals surface area contributed by atoms with Crippen LogP contribution in [0.4, 0.5) is 0 Å². The number of nitrogens with zero attached hydrogens (tertiary/aromatic N) is 2. The standard InChI is InChI=1S/C16H23N3O2/c1-4-5-8-16(17,15(20)21)10-12-6-7-14-13(9-12)18-11(2)19(14)3/h6-7,9H,4-5,8,10,17H2,1-3H3,(H,20,21)/t16-/m0/s1. The predicted octanol–water partition coefficient (Wildman–Crippen LogP) is 2.40. The van der Waals surface area contributed by atoms with Gasteiger partial charge in [-0.2, -0.15) is 0 Å². The van der Waals surface area contributed by atoms with Crippen LogP contribution in [0.5, 0.6) is 0 Å². The summed E-state index contributed by atoms with van der Waals surface area (Å²) in [6, 6.07) is 5.87. The lowest BCUT2D eigenvalue weighted by Crippen LogP contribution is -2.49. The second kappa shape index (κ2) is 5.85. The van der Waals surface area contributed by atoms with Gasteiger partial charge in [-0.05, 0) is 31.0 Å². The highest BCUT2D eigenvalue weighted by Crippen LogP contribution is 2.22. The molecule has 0 amide bonds. The van der Waals surface area contributed by atoms with Crippen molar-refractivity contribution in [2.45, 2.75) is 45.1 Å². The Morgan fingerprint density at radius 3 is 2.81 bits per heavy atom. The number of carbonyl (C=O) groups is 1. The number of unbranched alkanes of at least 4 members (excludes halogenated alkanes) is 1. The zero-order chi connectivity index (χ0) is 15.6.